The average molecular weight is 1110 g/mol. The molecular formula is C54H88O23. The van der Waals surface area contributed by atoms with Gasteiger partial charge in [0.15, 0.2) is 18.9 Å². The minimum absolute atomic E-state index is 0.0815. The van der Waals surface area contributed by atoms with E-state index in [9.17, 15) is 76.3 Å². The second kappa shape index (κ2) is 21.8. The molecule has 23 nitrogen and oxygen atoms in total. The number of ether oxygens (including phenoxy) is 8. The van der Waals surface area contributed by atoms with E-state index in [1.54, 1.807) is 0 Å². The Labute approximate surface area is 449 Å². The maximum Gasteiger partial charge on any atom is 0.315 e. The van der Waals surface area contributed by atoms with Gasteiger partial charge in [-0.15, -0.1) is 0 Å². The van der Waals surface area contributed by atoms with Crippen LogP contribution in [0.5, 0.6) is 0 Å². The van der Waals surface area contributed by atoms with Gasteiger partial charge in [0, 0.05) is 0 Å². The van der Waals surface area contributed by atoms with Crippen molar-refractivity contribution in [1.82, 2.24) is 0 Å². The Balaban J connectivity index is 0.877. The zero-order valence-corrected chi connectivity index (χ0v) is 45.3. The van der Waals surface area contributed by atoms with E-state index in [1.165, 1.54) is 5.57 Å². The molecule has 0 spiro atoms. The summed E-state index contributed by atoms with van der Waals surface area (Å²) >= 11 is 0. The average Bonchev–Trinajstić information content (AvgIpc) is 3.55. The van der Waals surface area contributed by atoms with Gasteiger partial charge >= 0.3 is 5.97 Å². The molecule has 0 aromatic carbocycles. The van der Waals surface area contributed by atoms with Crippen LogP contribution in [0, 0.1) is 50.2 Å². The number of hydrogen-bond acceptors (Lipinski definition) is 23. The fourth-order valence-corrected chi connectivity index (χ4v) is 16.5. The molecule has 9 rings (SSSR count). The Kier molecular flexibility index (Phi) is 17.0. The molecule has 442 valence electrons. The Bertz CT molecular complexity index is 2110. The summed E-state index contributed by atoms with van der Waals surface area (Å²) in [5.74, 6) is -0.303. The topological polar surface area (TPSA) is 374 Å². The molecule has 8 fully saturated rings. The Morgan fingerprint density at radius 1 is 0.519 bits per heavy atom. The lowest BCUT2D eigenvalue weighted by atomic mass is 9.33. The summed E-state index contributed by atoms with van der Waals surface area (Å²) < 4.78 is 47.2. The van der Waals surface area contributed by atoms with Gasteiger partial charge in [-0.05, 0) is 109 Å². The van der Waals surface area contributed by atoms with Crippen LogP contribution >= 0.6 is 0 Å². The molecule has 28 atom stereocenters. The largest absolute Gasteiger partial charge is 0.432 e. The molecule has 0 radical (unpaired) electrons. The molecule has 4 heterocycles. The molecule has 77 heavy (non-hydrogen) atoms. The van der Waals surface area contributed by atoms with E-state index in [4.69, 9.17) is 37.9 Å². The van der Waals surface area contributed by atoms with Gasteiger partial charge in [-0.25, -0.2) is 0 Å². The molecule has 0 aromatic rings. The fraction of sp³-hybridized carbons (Fsp3) is 0.944. The molecular weight excluding hydrogens is 1020 g/mol. The van der Waals surface area contributed by atoms with E-state index in [1.807, 2.05) is 0 Å². The third-order valence-corrected chi connectivity index (χ3v) is 21.4. The van der Waals surface area contributed by atoms with E-state index in [-0.39, 0.29) is 39.4 Å². The molecule has 9 aliphatic rings. The summed E-state index contributed by atoms with van der Waals surface area (Å²) in [6.07, 6.45) is -23.8. The van der Waals surface area contributed by atoms with Crippen LogP contribution in [-0.4, -0.2) is 233 Å². The molecule has 4 saturated heterocycles. The van der Waals surface area contributed by atoms with Gasteiger partial charge in [-0.3, -0.25) is 4.79 Å². The number of rotatable bonds is 12. The zero-order chi connectivity index (χ0) is 56.3. The van der Waals surface area contributed by atoms with Gasteiger partial charge in [0.25, 0.3) is 0 Å². The van der Waals surface area contributed by atoms with E-state index in [2.05, 4.69) is 54.5 Å². The maximum atomic E-state index is 14.7. The van der Waals surface area contributed by atoms with Crippen molar-refractivity contribution in [2.75, 3.05) is 26.4 Å². The van der Waals surface area contributed by atoms with Crippen molar-refractivity contribution in [3.8, 4) is 0 Å². The number of hydrogen-bond donors (Lipinski definition) is 14. The smallest absolute Gasteiger partial charge is 0.315 e. The van der Waals surface area contributed by atoms with Crippen molar-refractivity contribution in [3.05, 3.63) is 11.6 Å². The zero-order valence-electron chi connectivity index (χ0n) is 45.3. The second-order valence-corrected chi connectivity index (χ2v) is 26.3. The second-order valence-electron chi connectivity index (χ2n) is 26.3. The van der Waals surface area contributed by atoms with E-state index >= 15 is 0 Å². The summed E-state index contributed by atoms with van der Waals surface area (Å²) in [5.41, 5.74) is -0.887. The molecule has 14 N–H and O–H groups in total. The lowest BCUT2D eigenvalue weighted by Crippen LogP contribution is -2.67. The van der Waals surface area contributed by atoms with Crippen molar-refractivity contribution < 1.29 is 114 Å². The monoisotopic (exact) mass is 1100 g/mol. The Morgan fingerprint density at radius 2 is 0.987 bits per heavy atom. The molecule has 0 bridgehead atoms. The highest BCUT2D eigenvalue weighted by atomic mass is 16.8. The van der Waals surface area contributed by atoms with Gasteiger partial charge < -0.3 is 109 Å². The van der Waals surface area contributed by atoms with Crippen LogP contribution in [0.2, 0.25) is 0 Å². The van der Waals surface area contributed by atoms with Gasteiger partial charge in [0.2, 0.25) is 6.29 Å². The fourth-order valence-electron chi connectivity index (χ4n) is 16.5. The standard InChI is InChI=1S/C54H88O23/c1-49(2)14-16-54(48(69)77-47-39(66)35(62)33(60)26(20-56)71-47)17-15-52(6)23(24(54)18-49)8-9-30-51(5)12-11-31(50(3,4)29(51)10-13-53(30,52)7)74-44-40(67)36(63)42(27(21-57)72-44)76-46-41(68)37(64)43(28(22-58)73-46)75-45-38(65)34(61)32(59)25(19-55)70-45/h8,24-47,55-68H,9-22H2,1-7H3/t24-,25+,26+,27+,28+,29-,30+,31-,32+,33+,34-,35-,36+,37+,38+,39+,40+,41+,42+,43+,44-,45-,46-,47-,51-,52+,53+,54-/m0/s1. The number of aliphatic hydroxyl groups excluding tert-OH is 14. The van der Waals surface area contributed by atoms with Crippen LogP contribution in [0.4, 0.5) is 0 Å². The first-order valence-electron chi connectivity index (χ1n) is 27.8. The summed E-state index contributed by atoms with van der Waals surface area (Å²) in [4.78, 5) is 14.7. The van der Waals surface area contributed by atoms with Crippen LogP contribution in [0.1, 0.15) is 113 Å². The van der Waals surface area contributed by atoms with Crippen molar-refractivity contribution in [1.29, 1.82) is 0 Å². The van der Waals surface area contributed by atoms with E-state index in [0.29, 0.717) is 25.7 Å². The maximum absolute atomic E-state index is 14.7. The van der Waals surface area contributed by atoms with Crippen molar-refractivity contribution in [2.45, 2.75) is 242 Å². The highest BCUT2D eigenvalue weighted by molar-refractivity contribution is 5.79. The molecule has 4 saturated carbocycles. The number of fused-ring (bicyclic) bond motifs is 7. The highest BCUT2D eigenvalue weighted by Gasteiger charge is 2.70. The summed E-state index contributed by atoms with van der Waals surface area (Å²) in [7, 11) is 0. The summed E-state index contributed by atoms with van der Waals surface area (Å²) in [6.45, 7) is 13.0. The first-order valence-corrected chi connectivity index (χ1v) is 27.8. The van der Waals surface area contributed by atoms with E-state index < -0.39 is 172 Å². The first kappa shape index (κ1) is 60.0. The molecule has 5 aliphatic carbocycles. The number of allylic oxidation sites excluding steroid dienone is 2. The van der Waals surface area contributed by atoms with Crippen molar-refractivity contribution in [3.63, 3.8) is 0 Å². The van der Waals surface area contributed by atoms with Gasteiger partial charge in [-0.2, -0.15) is 0 Å². The number of carbonyl (C=O) groups excluding carboxylic acids is 1. The quantitative estimate of drug-likeness (QED) is 0.0569. The normalized spacial score (nSPS) is 53.4. The van der Waals surface area contributed by atoms with Crippen LogP contribution in [-0.2, 0) is 42.7 Å². The van der Waals surface area contributed by atoms with Crippen molar-refractivity contribution in [2.24, 2.45) is 50.2 Å². The first-order chi connectivity index (χ1) is 36.1. The molecule has 0 unspecified atom stereocenters. The Hall–Kier alpha value is -1.63. The van der Waals surface area contributed by atoms with Crippen molar-refractivity contribution >= 4 is 5.97 Å². The summed E-state index contributed by atoms with van der Waals surface area (Å²) in [5, 5.41) is 149. The lowest BCUT2D eigenvalue weighted by Gasteiger charge is -2.71. The van der Waals surface area contributed by atoms with Crippen LogP contribution in [0.15, 0.2) is 11.6 Å². The SMILES string of the molecule is CC1(C)CC[C@]2(C(=O)O[C@@H]3O[C@H](CO)[C@@H](O)[C@H](O)[C@H]3O)CC[C@]3(C)C(=CC[C@@H]4[C@@]5(C)CC[C@H](O[C@@H]6O[C@H](CO)[C@@H](O[C@@H]7O[C@H](CO)[C@@H](O[C@@H]8O[C@H](CO)[C@@H](O)[C@H](O)[C@H]8O)[C@H](O)[C@H]7O)[C@H](O)[C@H]6O)C(C)(C)[C@@H]5CC[C@]43C)[C@@H]2C1. The lowest BCUT2D eigenvalue weighted by molar-refractivity contribution is -0.383. The minimum Gasteiger partial charge on any atom is -0.432 e. The third kappa shape index (κ3) is 9.80. The third-order valence-electron chi connectivity index (χ3n) is 21.4. The van der Waals surface area contributed by atoms with Crippen LogP contribution in [0.25, 0.3) is 0 Å². The summed E-state index contributed by atoms with van der Waals surface area (Å²) in [6, 6.07) is 0. The highest BCUT2D eigenvalue weighted by Crippen LogP contribution is 2.76. The predicted molar refractivity (Wildman–Crippen MR) is 263 cm³/mol. The van der Waals surface area contributed by atoms with Gasteiger partial charge in [-0.1, -0.05) is 60.1 Å². The van der Waals surface area contributed by atoms with Crippen LogP contribution < -0.4 is 0 Å². The van der Waals surface area contributed by atoms with Crippen LogP contribution in [0.3, 0.4) is 0 Å². The number of esters is 1. The Morgan fingerprint density at radius 3 is 1.52 bits per heavy atom. The molecule has 0 amide bonds. The van der Waals surface area contributed by atoms with Gasteiger partial charge in [0.05, 0.1) is 37.9 Å². The number of aliphatic hydroxyl groups is 14. The molecule has 4 aliphatic heterocycles. The predicted octanol–water partition coefficient (Wildman–Crippen LogP) is -2.04. The molecule has 0 aromatic heterocycles. The minimum atomic E-state index is -1.96. The molecule has 23 heteroatoms. The number of carbonyl (C=O) groups is 1. The van der Waals surface area contributed by atoms with Gasteiger partial charge in [0.1, 0.15) is 97.7 Å². The van der Waals surface area contributed by atoms with E-state index in [0.717, 1.165) is 38.5 Å².